The lowest BCUT2D eigenvalue weighted by Gasteiger charge is -2.46. The van der Waals surface area contributed by atoms with Gasteiger partial charge in [0, 0.05) is 19.1 Å². The van der Waals surface area contributed by atoms with Gasteiger partial charge in [-0.2, -0.15) is 0 Å². The van der Waals surface area contributed by atoms with E-state index in [-0.39, 0.29) is 11.0 Å². The predicted molar refractivity (Wildman–Crippen MR) is 83.3 cm³/mol. The minimum absolute atomic E-state index is 0.134. The molecule has 18 heavy (non-hydrogen) atoms. The highest BCUT2D eigenvalue weighted by atomic mass is 15.2. The van der Waals surface area contributed by atoms with Crippen molar-refractivity contribution in [2.24, 2.45) is 15.8 Å². The number of rotatable bonds is 3. The monoisotopic (exact) mass is 254 g/mol. The van der Waals surface area contributed by atoms with Gasteiger partial charge in [0.2, 0.25) is 0 Å². The van der Waals surface area contributed by atoms with Crippen molar-refractivity contribution in [1.82, 2.24) is 4.90 Å². The van der Waals surface area contributed by atoms with Crippen LogP contribution < -0.4 is 0 Å². The molecule has 0 amide bonds. The van der Waals surface area contributed by atoms with Gasteiger partial charge < -0.3 is 4.90 Å². The summed E-state index contributed by atoms with van der Waals surface area (Å²) in [6, 6.07) is 0. The highest BCUT2D eigenvalue weighted by Crippen LogP contribution is 2.33. The van der Waals surface area contributed by atoms with Crippen LogP contribution in [-0.4, -0.2) is 29.9 Å². The van der Waals surface area contributed by atoms with Gasteiger partial charge in [0.15, 0.2) is 0 Å². The Balaban J connectivity index is 5.19. The van der Waals surface area contributed by atoms with E-state index in [0.29, 0.717) is 5.41 Å². The average molecular weight is 254 g/mol. The molecule has 0 bridgehead atoms. The number of amidine groups is 1. The van der Waals surface area contributed by atoms with Crippen LogP contribution in [0.4, 0.5) is 0 Å². The normalized spacial score (nSPS) is 14.9. The molecule has 0 heterocycles. The molecule has 0 radical (unpaired) electrons. The summed E-state index contributed by atoms with van der Waals surface area (Å²) >= 11 is 0. The molecule has 108 valence electrons. The molecule has 0 aliphatic carbocycles. The molecular weight excluding hydrogens is 220 g/mol. The first-order valence-corrected chi connectivity index (χ1v) is 6.99. The standard InChI is InChI=1S/C16H34N2/c1-13(17-10)18(12-15(5,6)7)16(8,9)11-14(2,3)4/h11-12H2,1-10H3/b17-13+. The van der Waals surface area contributed by atoms with Crippen LogP contribution in [0.25, 0.3) is 0 Å². The van der Waals surface area contributed by atoms with E-state index in [2.05, 4.69) is 72.2 Å². The number of aliphatic imine (C=N–C) groups is 1. The van der Waals surface area contributed by atoms with Gasteiger partial charge in [0.1, 0.15) is 0 Å². The van der Waals surface area contributed by atoms with Crippen molar-refractivity contribution in [2.75, 3.05) is 13.6 Å². The van der Waals surface area contributed by atoms with Crippen molar-refractivity contribution < 1.29 is 0 Å². The maximum atomic E-state index is 4.41. The molecule has 0 spiro atoms. The molecule has 0 aliphatic heterocycles. The Hall–Kier alpha value is -0.530. The van der Waals surface area contributed by atoms with Crippen LogP contribution in [0.15, 0.2) is 4.99 Å². The van der Waals surface area contributed by atoms with Crippen LogP contribution in [0.5, 0.6) is 0 Å². The maximum Gasteiger partial charge on any atom is 0.0958 e. The van der Waals surface area contributed by atoms with Gasteiger partial charge in [0.25, 0.3) is 0 Å². The summed E-state index contributed by atoms with van der Waals surface area (Å²) < 4.78 is 0. The van der Waals surface area contributed by atoms with Crippen molar-refractivity contribution in [3.63, 3.8) is 0 Å². The Morgan fingerprint density at radius 1 is 0.889 bits per heavy atom. The average Bonchev–Trinajstić information content (AvgIpc) is 2.07. The third-order valence-corrected chi connectivity index (χ3v) is 3.04. The Labute approximate surface area is 115 Å². The second-order valence-electron chi connectivity index (χ2n) is 8.47. The Bertz CT molecular complexity index is 287. The molecule has 0 aromatic rings. The van der Waals surface area contributed by atoms with Gasteiger partial charge in [-0.1, -0.05) is 41.5 Å². The van der Waals surface area contributed by atoms with Gasteiger partial charge in [-0.15, -0.1) is 0 Å². The van der Waals surface area contributed by atoms with Crippen LogP contribution in [-0.2, 0) is 0 Å². The Kier molecular flexibility index (Phi) is 5.46. The Morgan fingerprint density at radius 2 is 1.33 bits per heavy atom. The zero-order chi connectivity index (χ0) is 14.8. The summed E-state index contributed by atoms with van der Waals surface area (Å²) in [5.41, 5.74) is 0.740. The third-order valence-electron chi connectivity index (χ3n) is 3.04. The van der Waals surface area contributed by atoms with Crippen molar-refractivity contribution in [3.8, 4) is 0 Å². The molecule has 0 rings (SSSR count). The lowest BCUT2D eigenvalue weighted by Crippen LogP contribution is -2.51. The minimum Gasteiger partial charge on any atom is -0.355 e. The van der Waals surface area contributed by atoms with Crippen LogP contribution >= 0.6 is 0 Å². The van der Waals surface area contributed by atoms with Crippen LogP contribution in [0.3, 0.4) is 0 Å². The number of nitrogens with zero attached hydrogens (tertiary/aromatic N) is 2. The maximum absolute atomic E-state index is 4.41. The largest absolute Gasteiger partial charge is 0.355 e. The molecule has 2 heteroatoms. The smallest absolute Gasteiger partial charge is 0.0958 e. The van der Waals surface area contributed by atoms with Crippen molar-refractivity contribution in [1.29, 1.82) is 0 Å². The zero-order valence-electron chi connectivity index (χ0n) is 14.3. The first kappa shape index (κ1) is 17.5. The SMILES string of the molecule is C/N=C(\C)N(CC(C)(C)C)C(C)(C)CC(C)(C)C. The Morgan fingerprint density at radius 3 is 1.61 bits per heavy atom. The quantitative estimate of drug-likeness (QED) is 0.531. The summed E-state index contributed by atoms with van der Waals surface area (Å²) in [5.74, 6) is 1.14. The summed E-state index contributed by atoms with van der Waals surface area (Å²) in [7, 11) is 1.89. The first-order chi connectivity index (χ1) is 7.78. The number of hydrogen-bond donors (Lipinski definition) is 0. The van der Waals surface area contributed by atoms with E-state index >= 15 is 0 Å². The molecule has 0 atom stereocenters. The van der Waals surface area contributed by atoms with Crippen LogP contribution in [0, 0.1) is 10.8 Å². The van der Waals surface area contributed by atoms with Crippen molar-refractivity contribution in [3.05, 3.63) is 0 Å². The molecule has 0 unspecified atom stereocenters. The molecule has 2 nitrogen and oxygen atoms in total. The topological polar surface area (TPSA) is 15.6 Å². The molecule has 0 saturated heterocycles. The summed E-state index contributed by atoms with van der Waals surface area (Å²) in [4.78, 5) is 6.88. The second-order valence-corrected chi connectivity index (χ2v) is 8.47. The summed E-state index contributed by atoms with van der Waals surface area (Å²) in [6.07, 6.45) is 1.16. The van der Waals surface area contributed by atoms with Gasteiger partial charge in [-0.3, -0.25) is 4.99 Å². The number of hydrogen-bond acceptors (Lipinski definition) is 1. The van der Waals surface area contributed by atoms with E-state index in [1.54, 1.807) is 0 Å². The van der Waals surface area contributed by atoms with Gasteiger partial charge >= 0.3 is 0 Å². The van der Waals surface area contributed by atoms with Crippen molar-refractivity contribution in [2.45, 2.75) is 74.3 Å². The zero-order valence-corrected chi connectivity index (χ0v) is 14.3. The molecule has 0 N–H and O–H groups in total. The van der Waals surface area contributed by atoms with E-state index < -0.39 is 0 Å². The molecule has 0 aromatic heterocycles. The third kappa shape index (κ3) is 6.42. The molecule has 0 aromatic carbocycles. The van der Waals surface area contributed by atoms with E-state index in [9.17, 15) is 0 Å². The lowest BCUT2D eigenvalue weighted by molar-refractivity contribution is 0.111. The molecule has 0 saturated carbocycles. The van der Waals surface area contributed by atoms with E-state index in [4.69, 9.17) is 0 Å². The highest BCUT2D eigenvalue weighted by Gasteiger charge is 2.34. The first-order valence-electron chi connectivity index (χ1n) is 6.99. The fourth-order valence-electron chi connectivity index (χ4n) is 2.75. The van der Waals surface area contributed by atoms with Gasteiger partial charge in [-0.25, -0.2) is 0 Å². The van der Waals surface area contributed by atoms with Crippen molar-refractivity contribution >= 4 is 5.84 Å². The second kappa shape index (κ2) is 5.63. The summed E-state index contributed by atoms with van der Waals surface area (Å²) in [6.45, 7) is 21.6. The molecule has 0 fully saturated rings. The fourth-order valence-corrected chi connectivity index (χ4v) is 2.75. The van der Waals surface area contributed by atoms with E-state index in [1.165, 1.54) is 0 Å². The van der Waals surface area contributed by atoms with Crippen LogP contribution in [0.1, 0.15) is 68.7 Å². The fraction of sp³-hybridized carbons (Fsp3) is 0.938. The van der Waals surface area contributed by atoms with Gasteiger partial charge in [0.05, 0.1) is 5.84 Å². The summed E-state index contributed by atoms with van der Waals surface area (Å²) in [5, 5.41) is 0. The van der Waals surface area contributed by atoms with E-state index in [0.717, 1.165) is 18.8 Å². The predicted octanol–water partition coefficient (Wildman–Crippen LogP) is 4.60. The molecular formula is C16H34N2. The highest BCUT2D eigenvalue weighted by molar-refractivity contribution is 5.80. The van der Waals surface area contributed by atoms with Gasteiger partial charge in [-0.05, 0) is 38.0 Å². The lowest BCUT2D eigenvalue weighted by atomic mass is 9.79. The molecule has 0 aliphatic rings. The minimum atomic E-state index is 0.134. The van der Waals surface area contributed by atoms with Crippen LogP contribution in [0.2, 0.25) is 0 Å². The van der Waals surface area contributed by atoms with E-state index in [1.807, 2.05) is 7.05 Å².